The van der Waals surface area contributed by atoms with Crippen LogP contribution in [-0.2, 0) is 6.42 Å². The van der Waals surface area contributed by atoms with Crippen LogP contribution in [0.4, 0.5) is 0 Å². The number of rotatable bonds is 12. The molecular weight excluding hydrogens is 895 g/mol. The van der Waals surface area contributed by atoms with Crippen LogP contribution in [0.5, 0.6) is 0 Å². The Bertz CT molecular complexity index is 3850. The molecule has 0 saturated heterocycles. The van der Waals surface area contributed by atoms with Crippen molar-refractivity contribution in [3.8, 4) is 66.8 Å². The fourth-order valence-corrected chi connectivity index (χ4v) is 10.2. The molecule has 0 unspecified atom stereocenters. The third-order valence-electron chi connectivity index (χ3n) is 14.1. The van der Waals surface area contributed by atoms with Gasteiger partial charge >= 0.3 is 0 Å². The molecule has 0 fully saturated rings. The molecule has 0 bridgehead atoms. The summed E-state index contributed by atoms with van der Waals surface area (Å²) in [5.41, 5.74) is 22.6. The van der Waals surface area contributed by atoms with Gasteiger partial charge in [-0.25, -0.2) is 9.98 Å². The molecule has 1 aromatic heterocycles. The van der Waals surface area contributed by atoms with E-state index in [1.54, 1.807) is 0 Å². The zero-order valence-electron chi connectivity index (χ0n) is 41.8. The molecule has 1 heterocycles. The zero-order chi connectivity index (χ0) is 50.4. The third-order valence-corrected chi connectivity index (χ3v) is 14.1. The van der Waals surface area contributed by atoms with E-state index in [1.165, 1.54) is 27.5 Å². The summed E-state index contributed by atoms with van der Waals surface area (Å²) in [5.74, 6) is 0.580. The molecule has 0 N–H and O–H groups in total. The number of hydrogen-bond donors (Lipinski definition) is 0. The normalized spacial score (nSPS) is 12.5. The van der Waals surface area contributed by atoms with Crippen molar-refractivity contribution in [2.75, 3.05) is 0 Å². The van der Waals surface area contributed by atoms with E-state index in [0.717, 1.165) is 108 Å². The van der Waals surface area contributed by atoms with E-state index in [9.17, 15) is 0 Å². The van der Waals surface area contributed by atoms with Gasteiger partial charge in [0.2, 0.25) is 0 Å². The topological polar surface area (TPSA) is 37.6 Å². The van der Waals surface area contributed by atoms with E-state index in [0.29, 0.717) is 11.5 Å². The Hall–Kier alpha value is -9.31. The van der Waals surface area contributed by atoms with Crippen LogP contribution in [-0.4, -0.2) is 16.5 Å². The van der Waals surface area contributed by atoms with E-state index in [2.05, 4.69) is 250 Å². The Morgan fingerprint density at radius 1 is 0.500 bits per heavy atom. The first-order chi connectivity index (χ1) is 36.4. The second-order valence-corrected chi connectivity index (χ2v) is 18.8. The molecule has 0 radical (unpaired) electrons. The maximum Gasteiger partial charge on any atom is 0.160 e. The average molecular weight is 950 g/mol. The van der Waals surface area contributed by atoms with E-state index in [-0.39, 0.29) is 0 Å². The molecule has 0 atom stereocenters. The van der Waals surface area contributed by atoms with Crippen molar-refractivity contribution >= 4 is 46.2 Å². The van der Waals surface area contributed by atoms with Gasteiger partial charge in [-0.2, -0.15) is 0 Å². The lowest BCUT2D eigenvalue weighted by Crippen LogP contribution is -2.05. The summed E-state index contributed by atoms with van der Waals surface area (Å²) in [4.78, 5) is 15.4. The second-order valence-electron chi connectivity index (χ2n) is 18.8. The highest BCUT2D eigenvalue weighted by atomic mass is 14.9. The van der Waals surface area contributed by atoms with Crippen LogP contribution in [0, 0.1) is 0 Å². The Labute approximate surface area is 435 Å². The summed E-state index contributed by atoms with van der Waals surface area (Å²) in [6.45, 7) is 12.9. The molecule has 3 nitrogen and oxygen atoms in total. The summed E-state index contributed by atoms with van der Waals surface area (Å²) < 4.78 is 0. The maximum absolute atomic E-state index is 5.46. The summed E-state index contributed by atoms with van der Waals surface area (Å²) in [5, 5.41) is 2.38. The van der Waals surface area contributed by atoms with Gasteiger partial charge in [-0.05, 0) is 163 Å². The van der Waals surface area contributed by atoms with Gasteiger partial charge in [-0.1, -0.05) is 213 Å². The number of benzene rings is 9. The second kappa shape index (κ2) is 21.2. The Kier molecular flexibility index (Phi) is 13.5. The fourth-order valence-electron chi connectivity index (χ4n) is 10.2. The smallest absolute Gasteiger partial charge is 0.160 e. The molecule has 0 amide bonds. The van der Waals surface area contributed by atoms with Crippen LogP contribution >= 0.6 is 0 Å². The van der Waals surface area contributed by atoms with Crippen LogP contribution in [0.1, 0.15) is 59.2 Å². The standard InChI is InChI=1S/C71H55N3/c1-5-19-68-65(6-2)66-30-15-13-24-59(66)45-69(68)54-36-32-52(33-37-54)63-42-62(43-64(44-63)53-34-38-55(39-35-53)70-47-72-46-61-25-14-16-31-67(61)70)49(4)74-71(60-29-18-28-58(41-60)51-22-11-8-12-23-51)73-48(3)56-26-17-27-57(40-56)50-20-9-7-10-21-50/h5-13,15-24,26-47H,2-3,14,25H2,1,4H3/b19-5-,73-71?,74-49?. The van der Waals surface area contributed by atoms with Gasteiger partial charge < -0.3 is 0 Å². The quantitative estimate of drug-likeness (QED) is 0.0888. The van der Waals surface area contributed by atoms with Crippen LogP contribution in [0.25, 0.3) is 101 Å². The summed E-state index contributed by atoms with van der Waals surface area (Å²) >= 11 is 0. The van der Waals surface area contributed by atoms with Crippen LogP contribution in [0.15, 0.2) is 254 Å². The number of allylic oxidation sites excluding steroid dienone is 2. The summed E-state index contributed by atoms with van der Waals surface area (Å²) in [6, 6.07) is 73.3. The molecular formula is C71H55N3. The molecule has 0 aliphatic heterocycles. The number of amidine groups is 1. The van der Waals surface area contributed by atoms with Gasteiger partial charge in [0.15, 0.2) is 5.84 Å². The van der Waals surface area contributed by atoms with Crippen molar-refractivity contribution in [2.45, 2.75) is 26.7 Å². The highest BCUT2D eigenvalue weighted by Crippen LogP contribution is 2.38. The largest absolute Gasteiger partial charge is 0.264 e. The molecule has 9 aromatic carbocycles. The molecule has 11 rings (SSSR count). The first-order valence-electron chi connectivity index (χ1n) is 25.4. The minimum atomic E-state index is 0.580. The fraction of sp³-hybridized carbons (Fsp3) is 0.0563. The number of pyridine rings is 1. The van der Waals surface area contributed by atoms with Crippen molar-refractivity contribution in [1.29, 1.82) is 0 Å². The van der Waals surface area contributed by atoms with Gasteiger partial charge in [-0.15, -0.1) is 0 Å². The number of aryl methyl sites for hydroxylation is 1. The molecule has 3 heteroatoms. The van der Waals surface area contributed by atoms with Crippen LogP contribution in [0.3, 0.4) is 0 Å². The van der Waals surface area contributed by atoms with Crippen molar-refractivity contribution in [3.05, 3.63) is 283 Å². The van der Waals surface area contributed by atoms with E-state index >= 15 is 0 Å². The first-order valence-corrected chi connectivity index (χ1v) is 25.4. The summed E-state index contributed by atoms with van der Waals surface area (Å²) in [7, 11) is 0. The van der Waals surface area contributed by atoms with Crippen LogP contribution in [0.2, 0.25) is 0 Å². The Morgan fingerprint density at radius 2 is 1.05 bits per heavy atom. The lowest BCUT2D eigenvalue weighted by atomic mass is 9.89. The number of fused-ring (bicyclic) bond motifs is 2. The van der Waals surface area contributed by atoms with E-state index in [1.807, 2.05) is 30.6 Å². The highest BCUT2D eigenvalue weighted by molar-refractivity contribution is 6.14. The van der Waals surface area contributed by atoms with Crippen molar-refractivity contribution in [2.24, 2.45) is 9.98 Å². The van der Waals surface area contributed by atoms with Gasteiger partial charge in [0, 0.05) is 34.8 Å². The summed E-state index contributed by atoms with van der Waals surface area (Å²) in [6.07, 6.45) is 16.9. The minimum absolute atomic E-state index is 0.580. The Balaban J connectivity index is 1.03. The monoisotopic (exact) mass is 949 g/mol. The SMILES string of the molecule is C=Cc1c(/C=C\C)c(-c2ccc(-c3cc(C(C)=NC(=NC(=C)c4cccc(-c5ccccc5)c4)c4cccc(-c5ccccc5)c4)cc(-c4ccc(-c5cncc6c5C=CCC6)cc4)c3)cc2)cc2ccccc12. The average Bonchev–Trinajstić information content (AvgIpc) is 3.47. The van der Waals surface area contributed by atoms with Crippen molar-refractivity contribution in [3.63, 3.8) is 0 Å². The lowest BCUT2D eigenvalue weighted by Gasteiger charge is -2.16. The molecule has 1 aliphatic carbocycles. The number of nitrogens with zero attached hydrogens (tertiary/aromatic N) is 3. The molecule has 1 aliphatic rings. The van der Waals surface area contributed by atoms with Gasteiger partial charge in [-0.3, -0.25) is 4.98 Å². The molecule has 0 spiro atoms. The predicted octanol–water partition coefficient (Wildman–Crippen LogP) is 18.8. The van der Waals surface area contributed by atoms with Crippen LogP contribution < -0.4 is 0 Å². The van der Waals surface area contributed by atoms with Gasteiger partial charge in [0.1, 0.15) is 0 Å². The Morgan fingerprint density at radius 3 is 1.70 bits per heavy atom. The predicted molar refractivity (Wildman–Crippen MR) is 317 cm³/mol. The van der Waals surface area contributed by atoms with E-state index < -0.39 is 0 Å². The maximum atomic E-state index is 5.46. The van der Waals surface area contributed by atoms with Crippen molar-refractivity contribution in [1.82, 2.24) is 4.98 Å². The number of hydrogen-bond acceptors (Lipinski definition) is 2. The van der Waals surface area contributed by atoms with Gasteiger partial charge in [0.05, 0.1) is 5.70 Å². The minimum Gasteiger partial charge on any atom is -0.264 e. The zero-order valence-corrected chi connectivity index (χ0v) is 41.8. The lowest BCUT2D eigenvalue weighted by molar-refractivity contribution is 0.972. The molecule has 74 heavy (non-hydrogen) atoms. The van der Waals surface area contributed by atoms with Crippen molar-refractivity contribution < 1.29 is 0 Å². The molecule has 354 valence electrons. The number of aliphatic imine (C=N–C) groups is 2. The highest BCUT2D eigenvalue weighted by Gasteiger charge is 2.16. The molecule has 10 aromatic rings. The van der Waals surface area contributed by atoms with E-state index in [4.69, 9.17) is 9.98 Å². The number of aromatic nitrogens is 1. The first kappa shape index (κ1) is 47.0. The van der Waals surface area contributed by atoms with Gasteiger partial charge in [0.25, 0.3) is 0 Å². The molecule has 0 saturated carbocycles. The third kappa shape index (κ3) is 9.84.